The monoisotopic (exact) mass is 469 g/mol. The molecule has 0 aromatic rings. The molecule has 5 atom stereocenters. The molecule has 1 nitrogen and oxygen atoms in total. The number of hydrogen-bond acceptors (Lipinski definition) is 1. The van der Waals surface area contributed by atoms with Gasteiger partial charge in [-0.05, 0) is 60.2 Å². The van der Waals surface area contributed by atoms with Crippen molar-refractivity contribution < 1.29 is 0 Å². The third-order valence-electron chi connectivity index (χ3n) is 9.01. The van der Waals surface area contributed by atoms with Crippen molar-refractivity contribution in [3.05, 3.63) is 0 Å². The van der Waals surface area contributed by atoms with Gasteiger partial charge in [-0.2, -0.15) is 0 Å². The average molecular weight is 470 g/mol. The molecule has 5 heteroatoms. The van der Waals surface area contributed by atoms with Crippen LogP contribution in [0.1, 0.15) is 46.5 Å². The summed E-state index contributed by atoms with van der Waals surface area (Å²) in [5, 5.41) is 1.17. The molecule has 0 aromatic carbocycles. The van der Waals surface area contributed by atoms with Crippen LogP contribution in [0.15, 0.2) is 0 Å². The van der Waals surface area contributed by atoms with Gasteiger partial charge < -0.3 is 4.23 Å². The highest BCUT2D eigenvalue weighted by molar-refractivity contribution is 9.09. The van der Waals surface area contributed by atoms with Crippen molar-refractivity contribution in [3.63, 3.8) is 0 Å². The molecule has 0 amide bonds. The predicted octanol–water partition coefficient (Wildman–Crippen LogP) is 7.24. The first-order valence-electron chi connectivity index (χ1n) is 11.6. The van der Waals surface area contributed by atoms with Gasteiger partial charge in [0.25, 0.3) is 0 Å². The topological polar surface area (TPSA) is 3.24 Å². The highest BCUT2D eigenvalue weighted by Gasteiger charge is 2.66. The maximum Gasteiger partial charge on any atom is 0.159 e. The summed E-state index contributed by atoms with van der Waals surface area (Å²) in [6.07, 6.45) is 8.84. The summed E-state index contributed by atoms with van der Waals surface area (Å²) in [7, 11) is -2.66. The molecule has 2 bridgehead atoms. The zero-order valence-corrected chi connectivity index (χ0v) is 23.2. The van der Waals surface area contributed by atoms with Gasteiger partial charge >= 0.3 is 0 Å². The van der Waals surface area contributed by atoms with E-state index in [0.29, 0.717) is 10.8 Å². The van der Waals surface area contributed by atoms with Crippen LogP contribution in [0.3, 0.4) is 0 Å². The first-order chi connectivity index (χ1) is 12.2. The smallest absolute Gasteiger partial charge is 0.159 e. The van der Waals surface area contributed by atoms with Gasteiger partial charge in [0.2, 0.25) is 0 Å². The summed E-state index contributed by atoms with van der Waals surface area (Å²) in [5.74, 6) is 3.85. The molecule has 4 fully saturated rings. The fourth-order valence-electron chi connectivity index (χ4n) is 8.28. The van der Waals surface area contributed by atoms with Gasteiger partial charge in [-0.1, -0.05) is 88.6 Å². The van der Waals surface area contributed by atoms with Crippen molar-refractivity contribution in [3.8, 4) is 0 Å². The molecule has 156 valence electrons. The minimum atomic E-state index is -1.33. The van der Waals surface area contributed by atoms with Crippen molar-refractivity contribution in [1.82, 2.24) is 4.23 Å². The second kappa shape index (κ2) is 7.27. The molecular weight excluding hydrogens is 425 g/mol. The normalized spacial score (nSPS) is 36.6. The van der Waals surface area contributed by atoms with Crippen LogP contribution >= 0.6 is 15.9 Å². The van der Waals surface area contributed by atoms with E-state index in [-0.39, 0.29) is 0 Å². The molecule has 0 aromatic heterocycles. The van der Waals surface area contributed by atoms with E-state index in [1.165, 1.54) is 43.7 Å². The molecule has 1 saturated heterocycles. The van der Waals surface area contributed by atoms with Crippen molar-refractivity contribution >= 4 is 39.1 Å². The largest absolute Gasteiger partial charge is 0.350 e. The fourth-order valence-corrected chi connectivity index (χ4v) is 19.3. The van der Waals surface area contributed by atoms with E-state index in [1.54, 1.807) is 0 Å². The lowest BCUT2D eigenvalue weighted by molar-refractivity contribution is -0.165. The summed E-state index contributed by atoms with van der Waals surface area (Å²) in [6.45, 7) is 24.4. The van der Waals surface area contributed by atoms with Crippen molar-refractivity contribution in [1.29, 1.82) is 0 Å². The summed E-state index contributed by atoms with van der Waals surface area (Å²) >= 11 is 3.74. The zero-order chi connectivity index (χ0) is 20.4. The van der Waals surface area contributed by atoms with Crippen LogP contribution in [-0.2, 0) is 0 Å². The van der Waals surface area contributed by atoms with Crippen LogP contribution in [0.2, 0.25) is 51.9 Å². The Kier molecular flexibility index (Phi) is 6.09. The summed E-state index contributed by atoms with van der Waals surface area (Å²) < 4.78 is 3.17. The van der Waals surface area contributed by atoms with Crippen LogP contribution < -0.4 is 0 Å². The Morgan fingerprint density at radius 2 is 1.59 bits per heavy atom. The minimum absolute atomic E-state index is 0.614. The summed E-state index contributed by atoms with van der Waals surface area (Å²) in [6, 6.07) is 0. The van der Waals surface area contributed by atoms with E-state index in [4.69, 9.17) is 0 Å². The quantitative estimate of drug-likeness (QED) is 0.280. The Morgan fingerprint density at radius 3 is 2.07 bits per heavy atom. The number of hydrogen-bond donors (Lipinski definition) is 0. The van der Waals surface area contributed by atoms with E-state index in [0.717, 1.165) is 30.4 Å². The summed E-state index contributed by atoms with van der Waals surface area (Å²) in [4.78, 5) is 0. The highest BCUT2D eigenvalue weighted by atomic mass is 79.9. The second-order valence-electron chi connectivity index (χ2n) is 13.1. The van der Waals surface area contributed by atoms with Gasteiger partial charge in [-0.15, -0.1) is 0 Å². The van der Waals surface area contributed by atoms with Gasteiger partial charge in [0, 0.05) is 5.33 Å². The molecular formula is C22H45BBrNSi2. The SMILES string of the molecule is CC1(C)C2CC3CB(C(CCCBr)N([Si](C)(C)C)[Si](C)(C)C)C[C@@]3(C)C1C2. The van der Waals surface area contributed by atoms with Crippen LogP contribution in [0.4, 0.5) is 0 Å². The molecule has 0 N–H and O–H groups in total. The lowest BCUT2D eigenvalue weighted by Gasteiger charge is -2.66. The number of rotatable bonds is 7. The van der Waals surface area contributed by atoms with E-state index in [1.807, 2.05) is 0 Å². The first-order valence-corrected chi connectivity index (χ1v) is 19.6. The molecule has 4 aliphatic rings. The molecule has 0 radical (unpaired) electrons. The van der Waals surface area contributed by atoms with Crippen molar-refractivity contribution in [2.75, 3.05) is 5.33 Å². The van der Waals surface area contributed by atoms with Crippen LogP contribution in [0, 0.1) is 28.6 Å². The molecule has 1 heterocycles. The zero-order valence-electron chi connectivity index (χ0n) is 19.7. The van der Waals surface area contributed by atoms with Gasteiger partial charge in [0.1, 0.15) is 16.5 Å². The standard InChI is InChI=1S/C22H45BBrNSi2/c1-21(2)17-13-18-15-23(16-22(18,3)19(21)14-17)20(11-10-12-24)25(26(4,5)6)27(7,8)9/h17-20H,10-16H2,1-9H3/t17?,18?,19?,20?,22-/m1/s1. The van der Waals surface area contributed by atoms with Gasteiger partial charge in [0.15, 0.2) is 6.71 Å². The molecule has 4 unspecified atom stereocenters. The van der Waals surface area contributed by atoms with Crippen LogP contribution in [0.25, 0.3) is 0 Å². The molecule has 3 saturated carbocycles. The maximum atomic E-state index is 3.74. The third-order valence-corrected chi connectivity index (χ3v) is 17.2. The molecule has 4 rings (SSSR count). The Hall–Kier alpha value is 0.939. The van der Waals surface area contributed by atoms with Crippen LogP contribution in [0.5, 0.6) is 0 Å². The van der Waals surface area contributed by atoms with Crippen molar-refractivity contribution in [2.24, 2.45) is 28.6 Å². The Balaban J connectivity index is 1.89. The lowest BCUT2D eigenvalue weighted by atomic mass is 9.37. The molecule has 1 aliphatic heterocycles. The number of halogens is 1. The minimum Gasteiger partial charge on any atom is -0.350 e. The molecule has 0 spiro atoms. The Bertz CT molecular complexity index is 541. The number of alkyl halides is 1. The molecule has 3 aliphatic carbocycles. The fraction of sp³-hybridized carbons (Fsp3) is 1.00. The van der Waals surface area contributed by atoms with Crippen molar-refractivity contribution in [2.45, 2.75) is 104 Å². The Morgan fingerprint density at radius 1 is 1.00 bits per heavy atom. The third kappa shape index (κ3) is 3.85. The Labute approximate surface area is 181 Å². The van der Waals surface area contributed by atoms with E-state index >= 15 is 0 Å². The maximum absolute atomic E-state index is 3.74. The number of nitrogens with zero attached hydrogens (tertiary/aromatic N) is 1. The second-order valence-corrected chi connectivity index (χ2v) is 23.9. The molecule has 27 heavy (non-hydrogen) atoms. The summed E-state index contributed by atoms with van der Waals surface area (Å²) in [5.41, 5.74) is 1.24. The predicted molar refractivity (Wildman–Crippen MR) is 132 cm³/mol. The van der Waals surface area contributed by atoms with E-state index < -0.39 is 16.5 Å². The van der Waals surface area contributed by atoms with E-state index in [2.05, 4.69) is 80.2 Å². The van der Waals surface area contributed by atoms with Gasteiger partial charge in [0.05, 0.1) is 0 Å². The lowest BCUT2D eigenvalue weighted by Crippen LogP contribution is -2.66. The van der Waals surface area contributed by atoms with Crippen LogP contribution in [-0.4, -0.2) is 38.7 Å². The highest BCUT2D eigenvalue weighted by Crippen LogP contribution is 2.72. The van der Waals surface area contributed by atoms with Gasteiger partial charge in [-0.3, -0.25) is 0 Å². The first kappa shape index (κ1) is 22.6. The van der Waals surface area contributed by atoms with E-state index in [9.17, 15) is 0 Å². The van der Waals surface area contributed by atoms with Gasteiger partial charge in [-0.25, -0.2) is 0 Å². The average Bonchev–Trinajstić information content (AvgIpc) is 2.85.